The van der Waals surface area contributed by atoms with E-state index >= 15 is 0 Å². The van der Waals surface area contributed by atoms with Crippen molar-refractivity contribution in [3.8, 4) is 6.07 Å². The Kier molecular flexibility index (Phi) is 3.19. The number of carboxylic acids is 1. The summed E-state index contributed by atoms with van der Waals surface area (Å²) in [4.78, 5) is 17.3. The van der Waals surface area contributed by atoms with Crippen molar-refractivity contribution >= 4 is 11.8 Å². The van der Waals surface area contributed by atoms with Crippen LogP contribution in [0.1, 0.15) is 29.7 Å². The molecular weight excluding hydrogens is 230 g/mol. The van der Waals surface area contributed by atoms with E-state index in [0.29, 0.717) is 24.3 Å². The zero-order valence-corrected chi connectivity index (χ0v) is 10.5. The van der Waals surface area contributed by atoms with Gasteiger partial charge in [0.2, 0.25) is 0 Å². The number of carboxylic acid groups (broad SMARTS) is 1. The van der Waals surface area contributed by atoms with Crippen molar-refractivity contribution in [1.82, 2.24) is 4.98 Å². The summed E-state index contributed by atoms with van der Waals surface area (Å²) in [6.45, 7) is 4.34. The predicted molar refractivity (Wildman–Crippen MR) is 66.4 cm³/mol. The maximum Gasteiger partial charge on any atom is 0.326 e. The molecule has 0 bridgehead atoms. The molecule has 0 aromatic carbocycles. The first-order valence-electron chi connectivity index (χ1n) is 5.92. The number of hydrogen-bond donors (Lipinski definition) is 1. The van der Waals surface area contributed by atoms with Crippen LogP contribution in [-0.2, 0) is 4.79 Å². The third-order valence-corrected chi connectivity index (χ3v) is 3.25. The maximum atomic E-state index is 11.2. The molecule has 1 unspecified atom stereocenters. The SMILES string of the molecule is Cc1cc(C)c(C#N)c(N2CCCC2C(=O)O)n1. The molecule has 0 spiro atoms. The highest BCUT2D eigenvalue weighted by Crippen LogP contribution is 2.28. The summed E-state index contributed by atoms with van der Waals surface area (Å²) < 4.78 is 0. The fourth-order valence-electron chi connectivity index (χ4n) is 2.44. The van der Waals surface area contributed by atoms with Gasteiger partial charge in [-0.15, -0.1) is 0 Å². The first kappa shape index (κ1) is 12.4. The van der Waals surface area contributed by atoms with E-state index in [0.717, 1.165) is 17.7 Å². The van der Waals surface area contributed by atoms with E-state index in [1.165, 1.54) is 0 Å². The summed E-state index contributed by atoms with van der Waals surface area (Å²) in [7, 11) is 0. The number of pyridine rings is 1. The van der Waals surface area contributed by atoms with Crippen molar-refractivity contribution < 1.29 is 9.90 Å². The molecule has 1 aliphatic rings. The molecule has 1 aromatic heterocycles. The van der Waals surface area contributed by atoms with Crippen molar-refractivity contribution in [1.29, 1.82) is 5.26 Å². The first-order valence-corrected chi connectivity index (χ1v) is 5.92. The van der Waals surface area contributed by atoms with Crippen molar-refractivity contribution in [2.75, 3.05) is 11.4 Å². The van der Waals surface area contributed by atoms with Gasteiger partial charge in [0, 0.05) is 12.2 Å². The summed E-state index contributed by atoms with van der Waals surface area (Å²) in [6, 6.07) is 3.41. The lowest BCUT2D eigenvalue weighted by Crippen LogP contribution is -2.37. The van der Waals surface area contributed by atoms with Gasteiger partial charge in [-0.1, -0.05) is 0 Å². The van der Waals surface area contributed by atoms with Crippen LogP contribution in [0, 0.1) is 25.2 Å². The second-order valence-corrected chi connectivity index (χ2v) is 4.58. The molecule has 1 N–H and O–H groups in total. The Balaban J connectivity index is 2.51. The van der Waals surface area contributed by atoms with Crippen molar-refractivity contribution in [2.45, 2.75) is 32.7 Å². The number of hydrogen-bond acceptors (Lipinski definition) is 4. The number of carbonyl (C=O) groups is 1. The minimum atomic E-state index is -0.850. The highest BCUT2D eigenvalue weighted by atomic mass is 16.4. The van der Waals surface area contributed by atoms with Crippen LogP contribution in [0.5, 0.6) is 0 Å². The van der Waals surface area contributed by atoms with Crippen LogP contribution >= 0.6 is 0 Å². The summed E-state index contributed by atoms with van der Waals surface area (Å²) in [6.07, 6.45) is 1.42. The third kappa shape index (κ3) is 2.02. The van der Waals surface area contributed by atoms with Crippen LogP contribution in [0.3, 0.4) is 0 Å². The average molecular weight is 245 g/mol. The molecule has 18 heavy (non-hydrogen) atoms. The van der Waals surface area contributed by atoms with Crippen LogP contribution in [0.25, 0.3) is 0 Å². The highest BCUT2D eigenvalue weighted by Gasteiger charge is 2.33. The molecular formula is C13H15N3O2. The van der Waals surface area contributed by atoms with E-state index in [4.69, 9.17) is 0 Å². The number of nitriles is 1. The van der Waals surface area contributed by atoms with E-state index in [-0.39, 0.29) is 0 Å². The minimum absolute atomic E-state index is 0.480. The van der Waals surface area contributed by atoms with Crippen molar-refractivity contribution in [3.05, 3.63) is 22.9 Å². The van der Waals surface area contributed by atoms with Crippen molar-refractivity contribution in [2.24, 2.45) is 0 Å². The van der Waals surface area contributed by atoms with Gasteiger partial charge >= 0.3 is 5.97 Å². The summed E-state index contributed by atoms with van der Waals surface area (Å²) in [5.74, 6) is -0.336. The van der Waals surface area contributed by atoms with E-state index in [2.05, 4.69) is 11.1 Å². The third-order valence-electron chi connectivity index (χ3n) is 3.25. The van der Waals surface area contributed by atoms with Crippen LogP contribution in [-0.4, -0.2) is 28.6 Å². The molecule has 1 atom stereocenters. The van der Waals surface area contributed by atoms with Gasteiger partial charge in [0.05, 0.1) is 5.56 Å². The smallest absolute Gasteiger partial charge is 0.326 e. The minimum Gasteiger partial charge on any atom is -0.480 e. The number of aryl methyl sites for hydroxylation is 2. The van der Waals surface area contributed by atoms with Gasteiger partial charge in [0.25, 0.3) is 0 Å². The normalized spacial score (nSPS) is 18.7. The van der Waals surface area contributed by atoms with E-state index < -0.39 is 12.0 Å². The lowest BCUT2D eigenvalue weighted by atomic mass is 10.1. The molecule has 1 aromatic rings. The Hall–Kier alpha value is -2.09. The van der Waals surface area contributed by atoms with Gasteiger partial charge in [-0.25, -0.2) is 9.78 Å². The molecule has 5 nitrogen and oxygen atoms in total. The van der Waals surface area contributed by atoms with Gasteiger partial charge in [-0.3, -0.25) is 0 Å². The second-order valence-electron chi connectivity index (χ2n) is 4.58. The van der Waals surface area contributed by atoms with Crippen LogP contribution in [0.15, 0.2) is 6.07 Å². The van der Waals surface area contributed by atoms with E-state index in [1.54, 1.807) is 4.90 Å². The molecule has 5 heteroatoms. The fraction of sp³-hybridized carbons (Fsp3) is 0.462. The second kappa shape index (κ2) is 4.65. The molecule has 2 rings (SSSR count). The zero-order valence-electron chi connectivity index (χ0n) is 10.5. The quantitative estimate of drug-likeness (QED) is 0.856. The fourth-order valence-corrected chi connectivity index (χ4v) is 2.44. The number of anilines is 1. The molecule has 1 saturated heterocycles. The summed E-state index contributed by atoms with van der Waals surface area (Å²) in [5, 5.41) is 18.4. The molecule has 1 fully saturated rings. The van der Waals surface area contributed by atoms with E-state index in [1.807, 2.05) is 19.9 Å². The summed E-state index contributed by atoms with van der Waals surface area (Å²) in [5.41, 5.74) is 2.13. The molecule has 0 amide bonds. The van der Waals surface area contributed by atoms with Gasteiger partial charge in [-0.05, 0) is 38.3 Å². The van der Waals surface area contributed by atoms with Gasteiger partial charge in [0.15, 0.2) is 0 Å². The monoisotopic (exact) mass is 245 g/mol. The number of aromatic nitrogens is 1. The predicted octanol–water partition coefficient (Wildman–Crippen LogP) is 1.62. The van der Waals surface area contributed by atoms with Crippen LogP contribution in [0.4, 0.5) is 5.82 Å². The van der Waals surface area contributed by atoms with Crippen molar-refractivity contribution in [3.63, 3.8) is 0 Å². The summed E-state index contributed by atoms with van der Waals surface area (Å²) >= 11 is 0. The molecule has 94 valence electrons. The zero-order chi connectivity index (χ0) is 13.3. The van der Waals surface area contributed by atoms with E-state index in [9.17, 15) is 15.2 Å². The average Bonchev–Trinajstić information content (AvgIpc) is 2.76. The first-order chi connectivity index (χ1) is 8.54. The van der Waals surface area contributed by atoms with Crippen LogP contribution in [0.2, 0.25) is 0 Å². The molecule has 0 radical (unpaired) electrons. The number of nitrogens with zero attached hydrogens (tertiary/aromatic N) is 3. The highest BCUT2D eigenvalue weighted by molar-refractivity contribution is 5.79. The molecule has 2 heterocycles. The van der Waals surface area contributed by atoms with Gasteiger partial charge < -0.3 is 10.0 Å². The maximum absolute atomic E-state index is 11.2. The Morgan fingerprint density at radius 3 is 2.94 bits per heavy atom. The standard InChI is InChI=1S/C13H15N3O2/c1-8-6-9(2)15-12(10(8)7-14)16-5-3-4-11(16)13(17)18/h6,11H,3-5H2,1-2H3,(H,17,18). The lowest BCUT2D eigenvalue weighted by Gasteiger charge is -2.24. The number of aliphatic carboxylic acids is 1. The van der Waals surface area contributed by atoms with Gasteiger partial charge in [0.1, 0.15) is 17.9 Å². The number of rotatable bonds is 2. The topological polar surface area (TPSA) is 77.2 Å². The van der Waals surface area contributed by atoms with Crippen LogP contribution < -0.4 is 4.90 Å². The van der Waals surface area contributed by atoms with Gasteiger partial charge in [-0.2, -0.15) is 5.26 Å². The molecule has 0 aliphatic carbocycles. The largest absolute Gasteiger partial charge is 0.480 e. The molecule has 1 aliphatic heterocycles. The Morgan fingerprint density at radius 2 is 2.33 bits per heavy atom. The Bertz CT molecular complexity index is 534. The molecule has 0 saturated carbocycles. The Labute approximate surface area is 106 Å². The Morgan fingerprint density at radius 1 is 1.61 bits per heavy atom. The lowest BCUT2D eigenvalue weighted by molar-refractivity contribution is -0.138.